The van der Waals surface area contributed by atoms with Crippen LogP contribution >= 0.6 is 15.9 Å². The molecule has 1 N–H and O–H groups in total. The predicted octanol–water partition coefficient (Wildman–Crippen LogP) is 2.61. The fourth-order valence-corrected chi connectivity index (χ4v) is 2.12. The number of ether oxygens (including phenoxy) is 2. The van der Waals surface area contributed by atoms with Crippen LogP contribution in [-0.4, -0.2) is 31.5 Å². The molecule has 1 atom stereocenters. The summed E-state index contributed by atoms with van der Waals surface area (Å²) in [5.74, 6) is 1.04. The minimum atomic E-state index is -0.138. The quantitative estimate of drug-likeness (QED) is 0.821. The van der Waals surface area contributed by atoms with Crippen molar-refractivity contribution in [2.75, 3.05) is 19.5 Å². The molecule has 0 radical (unpaired) electrons. The molecular formula is C13H18BrNO3. The number of benzene rings is 1. The van der Waals surface area contributed by atoms with Gasteiger partial charge >= 0.3 is 0 Å². The Morgan fingerprint density at radius 3 is 2.61 bits per heavy atom. The predicted molar refractivity (Wildman–Crippen MR) is 74.9 cm³/mol. The summed E-state index contributed by atoms with van der Waals surface area (Å²) in [5.41, 5.74) is 0.512. The first-order chi connectivity index (χ1) is 8.65. The van der Waals surface area contributed by atoms with Gasteiger partial charge in [-0.15, -0.1) is 0 Å². The summed E-state index contributed by atoms with van der Waals surface area (Å²) in [7, 11) is 3.11. The van der Waals surface area contributed by atoms with E-state index in [0.29, 0.717) is 17.1 Å². The first-order valence-corrected chi connectivity index (χ1v) is 6.87. The van der Waals surface area contributed by atoms with Crippen LogP contribution in [0.5, 0.6) is 11.5 Å². The van der Waals surface area contributed by atoms with Crippen LogP contribution in [0, 0.1) is 0 Å². The maximum absolute atomic E-state index is 12.1. The molecule has 100 valence electrons. The first-order valence-electron chi connectivity index (χ1n) is 5.75. The van der Waals surface area contributed by atoms with Crippen LogP contribution in [0.2, 0.25) is 0 Å². The van der Waals surface area contributed by atoms with Crippen LogP contribution in [0.1, 0.15) is 23.7 Å². The van der Waals surface area contributed by atoms with Gasteiger partial charge in [0, 0.05) is 17.4 Å². The molecule has 0 spiro atoms. The highest BCUT2D eigenvalue weighted by molar-refractivity contribution is 9.09. The molecule has 1 aromatic rings. The Balaban J connectivity index is 2.91. The summed E-state index contributed by atoms with van der Waals surface area (Å²) < 4.78 is 10.3. The van der Waals surface area contributed by atoms with E-state index in [1.807, 2.05) is 6.92 Å². The van der Waals surface area contributed by atoms with Crippen LogP contribution < -0.4 is 14.8 Å². The number of hydrogen-bond acceptors (Lipinski definition) is 3. The number of alkyl halides is 1. The molecule has 5 heteroatoms. The number of hydrogen-bond donors (Lipinski definition) is 1. The van der Waals surface area contributed by atoms with Crippen LogP contribution in [0.3, 0.4) is 0 Å². The fourth-order valence-electron chi connectivity index (χ4n) is 1.50. The van der Waals surface area contributed by atoms with Crippen molar-refractivity contribution in [2.45, 2.75) is 19.4 Å². The third kappa shape index (κ3) is 3.63. The summed E-state index contributed by atoms with van der Waals surface area (Å²) in [6, 6.07) is 5.26. The van der Waals surface area contributed by atoms with Crippen molar-refractivity contribution in [3.05, 3.63) is 23.8 Å². The Kier molecular flexibility index (Phi) is 5.98. The Morgan fingerprint density at radius 2 is 2.11 bits per heavy atom. The molecule has 1 rings (SSSR count). The summed E-state index contributed by atoms with van der Waals surface area (Å²) in [6.07, 6.45) is 0.870. The first kappa shape index (κ1) is 14.8. The zero-order valence-electron chi connectivity index (χ0n) is 10.8. The van der Waals surface area contributed by atoms with E-state index in [0.717, 1.165) is 11.8 Å². The number of amides is 1. The number of rotatable bonds is 6. The molecule has 4 nitrogen and oxygen atoms in total. The van der Waals surface area contributed by atoms with Gasteiger partial charge in [-0.1, -0.05) is 22.9 Å². The Labute approximate surface area is 116 Å². The van der Waals surface area contributed by atoms with Gasteiger partial charge in [0.1, 0.15) is 11.5 Å². The second kappa shape index (κ2) is 7.26. The summed E-state index contributed by atoms with van der Waals surface area (Å²) >= 11 is 3.37. The van der Waals surface area contributed by atoms with Gasteiger partial charge in [-0.3, -0.25) is 4.79 Å². The van der Waals surface area contributed by atoms with E-state index < -0.39 is 0 Å². The molecule has 0 aliphatic heterocycles. The third-order valence-corrected chi connectivity index (χ3v) is 3.45. The zero-order chi connectivity index (χ0) is 13.5. The van der Waals surface area contributed by atoms with Crippen molar-refractivity contribution in [1.82, 2.24) is 5.32 Å². The molecule has 0 bridgehead atoms. The van der Waals surface area contributed by atoms with Gasteiger partial charge in [-0.25, -0.2) is 0 Å². The largest absolute Gasteiger partial charge is 0.497 e. The summed E-state index contributed by atoms with van der Waals surface area (Å²) in [5, 5.41) is 3.67. The van der Waals surface area contributed by atoms with Crippen LogP contribution in [0.15, 0.2) is 18.2 Å². The van der Waals surface area contributed by atoms with Crippen molar-refractivity contribution in [1.29, 1.82) is 0 Å². The molecule has 0 saturated heterocycles. The van der Waals surface area contributed by atoms with E-state index in [9.17, 15) is 4.79 Å². The lowest BCUT2D eigenvalue weighted by atomic mass is 10.1. The molecule has 1 aromatic carbocycles. The lowest BCUT2D eigenvalue weighted by Gasteiger charge is -2.15. The Morgan fingerprint density at radius 1 is 1.39 bits per heavy atom. The van der Waals surface area contributed by atoms with Crippen molar-refractivity contribution in [3.8, 4) is 11.5 Å². The second-order valence-electron chi connectivity index (χ2n) is 3.80. The molecule has 0 heterocycles. The molecule has 1 amide bonds. The topological polar surface area (TPSA) is 47.6 Å². The van der Waals surface area contributed by atoms with Crippen molar-refractivity contribution >= 4 is 21.8 Å². The average Bonchev–Trinajstić information content (AvgIpc) is 2.43. The van der Waals surface area contributed by atoms with E-state index >= 15 is 0 Å². The smallest absolute Gasteiger partial charge is 0.255 e. The SMILES string of the molecule is CCC(CBr)NC(=O)c1ccc(OC)cc1OC. The van der Waals surface area contributed by atoms with E-state index in [2.05, 4.69) is 21.2 Å². The Bertz CT molecular complexity index is 405. The number of halogens is 1. The molecule has 0 saturated carbocycles. The lowest BCUT2D eigenvalue weighted by molar-refractivity contribution is 0.0937. The Hall–Kier alpha value is -1.23. The number of nitrogens with one attached hydrogen (secondary N) is 1. The maximum Gasteiger partial charge on any atom is 0.255 e. The minimum Gasteiger partial charge on any atom is -0.497 e. The third-order valence-electron chi connectivity index (χ3n) is 2.67. The second-order valence-corrected chi connectivity index (χ2v) is 4.45. The van der Waals surface area contributed by atoms with Gasteiger partial charge < -0.3 is 14.8 Å². The number of carbonyl (C=O) groups is 1. The normalized spacial score (nSPS) is 11.8. The molecule has 0 aliphatic carbocycles. The van der Waals surface area contributed by atoms with Gasteiger partial charge in [0.25, 0.3) is 5.91 Å². The fraction of sp³-hybridized carbons (Fsp3) is 0.462. The molecule has 0 aromatic heterocycles. The van der Waals surface area contributed by atoms with E-state index in [1.54, 1.807) is 25.3 Å². The van der Waals surface area contributed by atoms with E-state index in [1.165, 1.54) is 7.11 Å². The molecule has 0 fully saturated rings. The van der Waals surface area contributed by atoms with Gasteiger partial charge in [0.05, 0.1) is 19.8 Å². The van der Waals surface area contributed by atoms with Crippen LogP contribution in [0.25, 0.3) is 0 Å². The van der Waals surface area contributed by atoms with E-state index in [-0.39, 0.29) is 11.9 Å². The lowest BCUT2D eigenvalue weighted by Crippen LogP contribution is -2.35. The number of methoxy groups -OCH3 is 2. The van der Waals surface area contributed by atoms with Crippen molar-refractivity contribution < 1.29 is 14.3 Å². The standard InChI is InChI=1S/C13H18BrNO3/c1-4-9(8-14)15-13(16)11-6-5-10(17-2)7-12(11)18-3/h5-7,9H,4,8H2,1-3H3,(H,15,16). The highest BCUT2D eigenvalue weighted by Gasteiger charge is 2.16. The van der Waals surface area contributed by atoms with Crippen molar-refractivity contribution in [2.24, 2.45) is 0 Å². The molecular weight excluding hydrogens is 298 g/mol. The summed E-state index contributed by atoms with van der Waals surface area (Å²) in [4.78, 5) is 12.1. The maximum atomic E-state index is 12.1. The highest BCUT2D eigenvalue weighted by Crippen LogP contribution is 2.24. The zero-order valence-corrected chi connectivity index (χ0v) is 12.4. The minimum absolute atomic E-state index is 0.115. The average molecular weight is 316 g/mol. The van der Waals surface area contributed by atoms with Crippen LogP contribution in [-0.2, 0) is 0 Å². The number of carbonyl (C=O) groups excluding carboxylic acids is 1. The van der Waals surface area contributed by atoms with Gasteiger partial charge in [0.15, 0.2) is 0 Å². The van der Waals surface area contributed by atoms with Gasteiger partial charge in [-0.05, 0) is 18.6 Å². The van der Waals surface area contributed by atoms with Gasteiger partial charge in [-0.2, -0.15) is 0 Å². The van der Waals surface area contributed by atoms with E-state index in [4.69, 9.17) is 9.47 Å². The van der Waals surface area contributed by atoms with Gasteiger partial charge in [0.2, 0.25) is 0 Å². The molecule has 18 heavy (non-hydrogen) atoms. The molecule has 0 aliphatic rings. The van der Waals surface area contributed by atoms with Crippen molar-refractivity contribution in [3.63, 3.8) is 0 Å². The van der Waals surface area contributed by atoms with Crippen LogP contribution in [0.4, 0.5) is 0 Å². The highest BCUT2D eigenvalue weighted by atomic mass is 79.9. The summed E-state index contributed by atoms with van der Waals surface area (Å²) in [6.45, 7) is 2.03. The monoisotopic (exact) mass is 315 g/mol. The molecule has 1 unspecified atom stereocenters.